The summed E-state index contributed by atoms with van der Waals surface area (Å²) in [4.78, 5) is 21.9. The van der Waals surface area contributed by atoms with Gasteiger partial charge in [0.25, 0.3) is 0 Å². The molecule has 0 amide bonds. The van der Waals surface area contributed by atoms with Crippen molar-refractivity contribution < 1.29 is 9.90 Å². The van der Waals surface area contributed by atoms with Crippen molar-refractivity contribution in [3.63, 3.8) is 0 Å². The number of hydrogen-bond donors (Lipinski definition) is 3. The summed E-state index contributed by atoms with van der Waals surface area (Å²) in [6, 6.07) is 3.93. The predicted molar refractivity (Wildman–Crippen MR) is 71.3 cm³/mol. The Hall–Kier alpha value is -2.37. The van der Waals surface area contributed by atoms with Crippen molar-refractivity contribution in [3.8, 4) is 0 Å². The topological polar surface area (TPSA) is 90.9 Å². The molecule has 0 aliphatic rings. The van der Waals surface area contributed by atoms with E-state index < -0.39 is 5.97 Å². The van der Waals surface area contributed by atoms with Gasteiger partial charge in [0.1, 0.15) is 17.7 Å². The van der Waals surface area contributed by atoms with Gasteiger partial charge < -0.3 is 15.4 Å². The van der Waals surface area contributed by atoms with Gasteiger partial charge in [-0.25, -0.2) is 14.8 Å². The number of aromatic nitrogens is 3. The van der Waals surface area contributed by atoms with Crippen LogP contribution in [0.1, 0.15) is 29.9 Å². The molecule has 0 aliphatic heterocycles. The molecule has 6 nitrogen and oxygen atoms in total. The van der Waals surface area contributed by atoms with E-state index in [0.717, 1.165) is 5.69 Å². The summed E-state index contributed by atoms with van der Waals surface area (Å²) < 4.78 is 0. The molecule has 0 saturated heterocycles. The number of hydrogen-bond acceptors (Lipinski definition) is 4. The monoisotopic (exact) mass is 260 g/mol. The molecule has 0 bridgehead atoms. The minimum absolute atomic E-state index is 0.0739. The second-order valence-electron chi connectivity index (χ2n) is 4.91. The number of carbonyl (C=O) groups is 1. The highest BCUT2D eigenvalue weighted by atomic mass is 16.4. The van der Waals surface area contributed by atoms with E-state index in [1.807, 2.05) is 18.3 Å². The Morgan fingerprint density at radius 3 is 2.95 bits per heavy atom. The normalized spacial score (nSPS) is 11.3. The SMILES string of the molecule is CC(C)(CNc1ncncc1C(=O)O)c1ccc[nH]1. The van der Waals surface area contributed by atoms with E-state index in [1.54, 1.807) is 0 Å². The van der Waals surface area contributed by atoms with Crippen molar-refractivity contribution in [2.24, 2.45) is 0 Å². The molecule has 0 aliphatic carbocycles. The van der Waals surface area contributed by atoms with E-state index in [1.165, 1.54) is 12.5 Å². The summed E-state index contributed by atoms with van der Waals surface area (Å²) in [5, 5.41) is 12.1. The maximum absolute atomic E-state index is 11.0. The molecular weight excluding hydrogens is 244 g/mol. The lowest BCUT2D eigenvalue weighted by Gasteiger charge is -2.24. The zero-order valence-electron chi connectivity index (χ0n) is 10.8. The fourth-order valence-corrected chi connectivity index (χ4v) is 1.78. The molecule has 0 radical (unpaired) electrons. The first kappa shape index (κ1) is 13.1. The molecule has 6 heteroatoms. The lowest BCUT2D eigenvalue weighted by Crippen LogP contribution is -2.29. The van der Waals surface area contributed by atoms with Crippen molar-refractivity contribution in [1.82, 2.24) is 15.0 Å². The van der Waals surface area contributed by atoms with Crippen molar-refractivity contribution in [1.29, 1.82) is 0 Å². The summed E-state index contributed by atoms with van der Waals surface area (Å²) in [5.41, 5.74) is 0.986. The fraction of sp³-hybridized carbons (Fsp3) is 0.308. The van der Waals surface area contributed by atoms with E-state index in [-0.39, 0.29) is 11.0 Å². The predicted octanol–water partition coefficient (Wildman–Crippen LogP) is 1.89. The van der Waals surface area contributed by atoms with Gasteiger partial charge in [-0.05, 0) is 12.1 Å². The van der Waals surface area contributed by atoms with Crippen LogP contribution in [-0.2, 0) is 5.41 Å². The first-order valence-corrected chi connectivity index (χ1v) is 5.92. The van der Waals surface area contributed by atoms with Crippen molar-refractivity contribution in [2.75, 3.05) is 11.9 Å². The number of aromatic amines is 1. The van der Waals surface area contributed by atoms with Gasteiger partial charge in [-0.2, -0.15) is 0 Å². The Morgan fingerprint density at radius 2 is 2.32 bits per heavy atom. The number of nitrogens with one attached hydrogen (secondary N) is 2. The molecule has 3 N–H and O–H groups in total. The molecule has 0 spiro atoms. The van der Waals surface area contributed by atoms with E-state index in [4.69, 9.17) is 5.11 Å². The number of anilines is 1. The number of rotatable bonds is 5. The highest BCUT2D eigenvalue weighted by molar-refractivity contribution is 5.92. The number of H-pyrrole nitrogens is 1. The summed E-state index contributed by atoms with van der Waals surface area (Å²) in [6.45, 7) is 4.69. The zero-order chi connectivity index (χ0) is 13.9. The maximum atomic E-state index is 11.0. The van der Waals surface area contributed by atoms with Crippen LogP contribution >= 0.6 is 0 Å². The smallest absolute Gasteiger partial charge is 0.341 e. The van der Waals surface area contributed by atoms with Gasteiger partial charge in [0, 0.05) is 30.0 Å². The van der Waals surface area contributed by atoms with Gasteiger partial charge in [-0.1, -0.05) is 13.8 Å². The molecule has 0 aromatic carbocycles. The van der Waals surface area contributed by atoms with Gasteiger partial charge in [-0.15, -0.1) is 0 Å². The molecule has 2 aromatic heterocycles. The summed E-state index contributed by atoms with van der Waals surface area (Å²) in [5.74, 6) is -0.706. The van der Waals surface area contributed by atoms with E-state index >= 15 is 0 Å². The minimum Gasteiger partial charge on any atom is -0.477 e. The summed E-state index contributed by atoms with van der Waals surface area (Å²) in [6.07, 6.45) is 4.49. The molecule has 0 unspecified atom stereocenters. The van der Waals surface area contributed by atoms with Gasteiger partial charge in [0.15, 0.2) is 0 Å². The van der Waals surface area contributed by atoms with Crippen LogP contribution in [0.4, 0.5) is 5.82 Å². The molecule has 2 aromatic rings. The van der Waals surface area contributed by atoms with Gasteiger partial charge in [0.05, 0.1) is 0 Å². The Kier molecular flexibility index (Phi) is 3.50. The third-order valence-corrected chi connectivity index (χ3v) is 2.97. The van der Waals surface area contributed by atoms with E-state index in [2.05, 4.69) is 34.1 Å². The van der Waals surface area contributed by atoms with Gasteiger partial charge in [0.2, 0.25) is 0 Å². The Bertz CT molecular complexity index is 564. The second-order valence-corrected chi connectivity index (χ2v) is 4.91. The van der Waals surface area contributed by atoms with Crippen LogP contribution in [0.5, 0.6) is 0 Å². The van der Waals surface area contributed by atoms with Crippen molar-refractivity contribution in [2.45, 2.75) is 19.3 Å². The second kappa shape index (κ2) is 5.09. The number of nitrogens with zero attached hydrogens (tertiary/aromatic N) is 2. The van der Waals surface area contributed by atoms with Gasteiger partial charge >= 0.3 is 5.97 Å². The number of carboxylic acids is 1. The summed E-state index contributed by atoms with van der Waals surface area (Å²) in [7, 11) is 0. The first-order valence-electron chi connectivity index (χ1n) is 5.92. The quantitative estimate of drug-likeness (QED) is 0.763. The Labute approximate surface area is 110 Å². The molecule has 2 rings (SSSR count). The maximum Gasteiger partial charge on any atom is 0.341 e. The highest BCUT2D eigenvalue weighted by Crippen LogP contribution is 2.22. The molecule has 0 saturated carbocycles. The third kappa shape index (κ3) is 2.90. The zero-order valence-corrected chi connectivity index (χ0v) is 10.8. The molecule has 2 heterocycles. The average molecular weight is 260 g/mol. The standard InChI is InChI=1S/C13H16N4O2/c1-13(2,10-4-3-5-15-10)7-16-11-9(12(18)19)6-14-8-17-11/h3-6,8,15H,7H2,1-2H3,(H,18,19)(H,14,16,17). The Balaban J connectivity index is 2.13. The summed E-state index contributed by atoms with van der Waals surface area (Å²) >= 11 is 0. The first-order chi connectivity index (χ1) is 9.00. The highest BCUT2D eigenvalue weighted by Gasteiger charge is 2.22. The van der Waals surface area contributed by atoms with Crippen LogP contribution in [0.25, 0.3) is 0 Å². The van der Waals surface area contributed by atoms with Crippen LogP contribution in [0.15, 0.2) is 30.9 Å². The van der Waals surface area contributed by atoms with Crippen LogP contribution in [-0.4, -0.2) is 32.6 Å². The van der Waals surface area contributed by atoms with Crippen LogP contribution < -0.4 is 5.32 Å². The largest absolute Gasteiger partial charge is 0.477 e. The lowest BCUT2D eigenvalue weighted by molar-refractivity contribution is 0.0697. The number of aromatic carboxylic acids is 1. The molecular formula is C13H16N4O2. The third-order valence-electron chi connectivity index (χ3n) is 2.97. The average Bonchev–Trinajstić information content (AvgIpc) is 2.91. The van der Waals surface area contributed by atoms with Gasteiger partial charge in [-0.3, -0.25) is 0 Å². The minimum atomic E-state index is -1.04. The Morgan fingerprint density at radius 1 is 1.53 bits per heavy atom. The fourth-order valence-electron chi connectivity index (χ4n) is 1.78. The molecule has 0 fully saturated rings. The van der Waals surface area contributed by atoms with Crippen LogP contribution in [0.3, 0.4) is 0 Å². The molecule has 100 valence electrons. The van der Waals surface area contributed by atoms with E-state index in [9.17, 15) is 4.79 Å². The molecule has 0 atom stereocenters. The van der Waals surface area contributed by atoms with E-state index in [0.29, 0.717) is 12.4 Å². The molecule has 19 heavy (non-hydrogen) atoms. The van der Waals surface area contributed by atoms with Crippen molar-refractivity contribution in [3.05, 3.63) is 42.1 Å². The number of carboxylic acid groups (broad SMARTS) is 1. The van der Waals surface area contributed by atoms with Crippen LogP contribution in [0.2, 0.25) is 0 Å². The van der Waals surface area contributed by atoms with Crippen molar-refractivity contribution >= 4 is 11.8 Å². The van der Waals surface area contributed by atoms with Crippen LogP contribution in [0, 0.1) is 0 Å². The lowest BCUT2D eigenvalue weighted by atomic mass is 9.89.